The number of guanidine groups is 1. The van der Waals surface area contributed by atoms with Crippen molar-refractivity contribution in [2.75, 3.05) is 39.3 Å². The maximum Gasteiger partial charge on any atom is 0.220 e. The first-order chi connectivity index (χ1) is 10.7. The van der Waals surface area contributed by atoms with Crippen LogP contribution in [0.3, 0.4) is 0 Å². The quantitative estimate of drug-likeness (QED) is 0.220. The third-order valence-electron chi connectivity index (χ3n) is 4.02. The van der Waals surface area contributed by atoms with Gasteiger partial charge in [0.05, 0.1) is 0 Å². The standard InChI is InChI=1S/C16H33N5O.HI/c1-3-9-19-16(18-4-2)20-10-5-6-11-21-12-7-14(8-13-21)15(17)22;/h14H,3-13H2,1-2H3,(H2,17,22)(H2,18,19,20);1H. The van der Waals surface area contributed by atoms with Crippen molar-refractivity contribution in [3.05, 3.63) is 0 Å². The molecule has 0 radical (unpaired) electrons. The van der Waals surface area contributed by atoms with E-state index in [2.05, 4.69) is 34.4 Å². The number of halogens is 1. The minimum atomic E-state index is -0.133. The summed E-state index contributed by atoms with van der Waals surface area (Å²) in [5.41, 5.74) is 5.36. The first-order valence-electron chi connectivity index (χ1n) is 8.71. The molecule has 0 unspecified atom stereocenters. The van der Waals surface area contributed by atoms with Gasteiger partial charge in [-0.15, -0.1) is 24.0 Å². The first-order valence-corrected chi connectivity index (χ1v) is 8.71. The van der Waals surface area contributed by atoms with Gasteiger partial charge >= 0.3 is 0 Å². The van der Waals surface area contributed by atoms with E-state index in [4.69, 9.17) is 5.73 Å². The van der Waals surface area contributed by atoms with E-state index in [-0.39, 0.29) is 35.8 Å². The van der Waals surface area contributed by atoms with Gasteiger partial charge in [0, 0.05) is 25.6 Å². The summed E-state index contributed by atoms with van der Waals surface area (Å²) >= 11 is 0. The number of likely N-dealkylation sites (tertiary alicyclic amines) is 1. The fraction of sp³-hybridized carbons (Fsp3) is 0.875. The Morgan fingerprint density at radius 3 is 2.48 bits per heavy atom. The minimum absolute atomic E-state index is 0. The Balaban J connectivity index is 0.00000484. The van der Waals surface area contributed by atoms with Crippen molar-refractivity contribution in [1.29, 1.82) is 0 Å². The van der Waals surface area contributed by atoms with Crippen molar-refractivity contribution in [3.8, 4) is 0 Å². The van der Waals surface area contributed by atoms with Gasteiger partial charge in [-0.1, -0.05) is 6.92 Å². The fourth-order valence-corrected chi connectivity index (χ4v) is 2.67. The van der Waals surface area contributed by atoms with Crippen molar-refractivity contribution < 1.29 is 4.79 Å². The zero-order valence-corrected chi connectivity index (χ0v) is 17.0. The molecule has 7 heteroatoms. The van der Waals surface area contributed by atoms with Crippen molar-refractivity contribution in [3.63, 3.8) is 0 Å². The van der Waals surface area contributed by atoms with Crippen LogP contribution >= 0.6 is 24.0 Å². The number of amides is 1. The van der Waals surface area contributed by atoms with Crippen LogP contribution in [0.2, 0.25) is 0 Å². The zero-order valence-electron chi connectivity index (χ0n) is 14.6. The Morgan fingerprint density at radius 2 is 1.91 bits per heavy atom. The number of carbonyl (C=O) groups excluding carboxylic acids is 1. The third kappa shape index (κ3) is 10.0. The molecule has 1 saturated heterocycles. The smallest absolute Gasteiger partial charge is 0.220 e. The van der Waals surface area contributed by atoms with Gasteiger partial charge in [0.2, 0.25) is 5.91 Å². The molecule has 136 valence electrons. The highest BCUT2D eigenvalue weighted by molar-refractivity contribution is 14.0. The van der Waals surface area contributed by atoms with E-state index < -0.39 is 0 Å². The molecule has 0 spiro atoms. The predicted molar refractivity (Wildman–Crippen MR) is 107 cm³/mol. The first kappa shape index (κ1) is 22.4. The molecule has 0 aromatic rings. The molecule has 1 fully saturated rings. The van der Waals surface area contributed by atoms with Crippen LogP contribution in [0.5, 0.6) is 0 Å². The summed E-state index contributed by atoms with van der Waals surface area (Å²) in [6.45, 7) is 10.0. The highest BCUT2D eigenvalue weighted by Gasteiger charge is 2.22. The van der Waals surface area contributed by atoms with Crippen molar-refractivity contribution in [2.24, 2.45) is 16.6 Å². The van der Waals surface area contributed by atoms with Crippen molar-refractivity contribution >= 4 is 35.8 Å². The van der Waals surface area contributed by atoms with E-state index in [1.807, 2.05) is 0 Å². The molecular formula is C16H34IN5O. The van der Waals surface area contributed by atoms with E-state index in [1.54, 1.807) is 0 Å². The number of aliphatic imine (C=N–C) groups is 1. The molecule has 0 aliphatic carbocycles. The van der Waals surface area contributed by atoms with Gasteiger partial charge in [0.1, 0.15) is 0 Å². The Morgan fingerprint density at radius 1 is 1.22 bits per heavy atom. The number of nitrogens with one attached hydrogen (secondary N) is 2. The van der Waals surface area contributed by atoms with Crippen LogP contribution < -0.4 is 16.4 Å². The molecule has 0 saturated carbocycles. The van der Waals surface area contributed by atoms with Gasteiger partial charge in [0.15, 0.2) is 5.96 Å². The molecule has 0 aromatic carbocycles. The van der Waals surface area contributed by atoms with Crippen LogP contribution in [0.4, 0.5) is 0 Å². The summed E-state index contributed by atoms with van der Waals surface area (Å²) in [6, 6.07) is 0. The van der Waals surface area contributed by atoms with E-state index in [0.29, 0.717) is 0 Å². The molecule has 0 aromatic heterocycles. The molecule has 1 amide bonds. The highest BCUT2D eigenvalue weighted by atomic mass is 127. The Bertz CT molecular complexity index is 343. The van der Waals surface area contributed by atoms with Gasteiger partial charge in [0.25, 0.3) is 0 Å². The number of primary amides is 1. The molecular weight excluding hydrogens is 405 g/mol. The molecule has 0 bridgehead atoms. The third-order valence-corrected chi connectivity index (χ3v) is 4.02. The number of carbonyl (C=O) groups is 1. The lowest BCUT2D eigenvalue weighted by molar-refractivity contribution is -0.123. The second-order valence-corrected chi connectivity index (χ2v) is 5.91. The van der Waals surface area contributed by atoms with Gasteiger partial charge < -0.3 is 21.3 Å². The Kier molecular flexibility index (Phi) is 13.5. The minimum Gasteiger partial charge on any atom is -0.369 e. The van der Waals surface area contributed by atoms with Gasteiger partial charge in [-0.3, -0.25) is 9.79 Å². The number of rotatable bonds is 9. The number of nitrogens with two attached hydrogens (primary N) is 1. The topological polar surface area (TPSA) is 82.8 Å². The van der Waals surface area contributed by atoms with Crippen LogP contribution in [0.15, 0.2) is 4.99 Å². The molecule has 4 N–H and O–H groups in total. The molecule has 1 aliphatic heterocycles. The summed E-state index contributed by atoms with van der Waals surface area (Å²) in [4.78, 5) is 18.1. The molecule has 1 aliphatic rings. The van der Waals surface area contributed by atoms with E-state index in [9.17, 15) is 4.79 Å². The maximum atomic E-state index is 11.1. The summed E-state index contributed by atoms with van der Waals surface area (Å²) in [7, 11) is 0. The average Bonchev–Trinajstić information content (AvgIpc) is 2.52. The lowest BCUT2D eigenvalue weighted by atomic mass is 9.96. The molecule has 1 heterocycles. The summed E-state index contributed by atoms with van der Waals surface area (Å²) < 4.78 is 0. The summed E-state index contributed by atoms with van der Waals surface area (Å²) in [5, 5.41) is 6.63. The Hall–Kier alpha value is -0.570. The molecule has 23 heavy (non-hydrogen) atoms. The number of hydrogen-bond donors (Lipinski definition) is 3. The van der Waals surface area contributed by atoms with Crippen molar-refractivity contribution in [2.45, 2.75) is 46.0 Å². The largest absolute Gasteiger partial charge is 0.369 e. The van der Waals surface area contributed by atoms with Gasteiger partial charge in [-0.05, 0) is 58.7 Å². The molecule has 1 rings (SSSR count). The van der Waals surface area contributed by atoms with Crippen LogP contribution in [-0.4, -0.2) is 56.0 Å². The highest BCUT2D eigenvalue weighted by Crippen LogP contribution is 2.16. The van der Waals surface area contributed by atoms with Gasteiger partial charge in [-0.25, -0.2) is 0 Å². The SMILES string of the molecule is CCCN=C(NCC)NCCCCN1CCC(C(N)=O)CC1.I. The summed E-state index contributed by atoms with van der Waals surface area (Å²) in [5.74, 6) is 0.883. The second-order valence-electron chi connectivity index (χ2n) is 5.91. The molecule has 6 nitrogen and oxygen atoms in total. The van der Waals surface area contributed by atoms with Crippen LogP contribution in [0, 0.1) is 5.92 Å². The lowest BCUT2D eigenvalue weighted by Crippen LogP contribution is -2.39. The molecule has 0 atom stereocenters. The number of unbranched alkanes of at least 4 members (excludes halogenated alkanes) is 1. The fourth-order valence-electron chi connectivity index (χ4n) is 2.67. The lowest BCUT2D eigenvalue weighted by Gasteiger charge is -2.30. The monoisotopic (exact) mass is 439 g/mol. The average molecular weight is 439 g/mol. The number of piperidine rings is 1. The number of hydrogen-bond acceptors (Lipinski definition) is 3. The van der Waals surface area contributed by atoms with E-state index in [1.165, 1.54) is 6.42 Å². The van der Waals surface area contributed by atoms with Crippen molar-refractivity contribution in [1.82, 2.24) is 15.5 Å². The van der Waals surface area contributed by atoms with E-state index in [0.717, 1.165) is 70.9 Å². The summed E-state index contributed by atoms with van der Waals surface area (Å²) in [6.07, 6.45) is 5.20. The normalized spacial score (nSPS) is 16.7. The second kappa shape index (κ2) is 13.8. The van der Waals surface area contributed by atoms with Gasteiger partial charge in [-0.2, -0.15) is 0 Å². The number of nitrogens with zero attached hydrogens (tertiary/aromatic N) is 2. The van der Waals surface area contributed by atoms with E-state index >= 15 is 0 Å². The maximum absolute atomic E-state index is 11.1. The van der Waals surface area contributed by atoms with Crippen LogP contribution in [0.25, 0.3) is 0 Å². The van der Waals surface area contributed by atoms with Crippen LogP contribution in [0.1, 0.15) is 46.0 Å². The van der Waals surface area contributed by atoms with Crippen LogP contribution in [-0.2, 0) is 4.79 Å². The zero-order chi connectivity index (χ0) is 16.2. The Labute approximate surface area is 158 Å². The predicted octanol–water partition coefficient (Wildman–Crippen LogP) is 1.55.